The van der Waals surface area contributed by atoms with E-state index in [1.807, 2.05) is 48.5 Å². The third kappa shape index (κ3) is 3.12. The van der Waals surface area contributed by atoms with Gasteiger partial charge in [0.2, 0.25) is 5.91 Å². The second-order valence-electron chi connectivity index (χ2n) is 8.71. The van der Waals surface area contributed by atoms with Crippen molar-refractivity contribution in [3.63, 3.8) is 0 Å². The van der Waals surface area contributed by atoms with E-state index in [0.717, 1.165) is 55.9 Å². The summed E-state index contributed by atoms with van der Waals surface area (Å²) >= 11 is 10.4. The molecule has 2 aliphatic rings. The van der Waals surface area contributed by atoms with Crippen LogP contribution in [0.25, 0.3) is 21.5 Å². The van der Waals surface area contributed by atoms with Gasteiger partial charge in [-0.25, -0.2) is 0 Å². The van der Waals surface area contributed by atoms with Crippen LogP contribution < -0.4 is 10.1 Å². The monoisotopic (exact) mass is 505 g/mol. The maximum Gasteiger partial charge on any atom is 0.232 e. The number of anilines is 1. The van der Waals surface area contributed by atoms with Crippen LogP contribution in [0.4, 0.5) is 5.69 Å². The lowest BCUT2D eigenvalue weighted by molar-refractivity contribution is -0.118. The molecule has 5 heteroatoms. The van der Waals surface area contributed by atoms with Crippen LogP contribution >= 0.6 is 27.5 Å². The van der Waals surface area contributed by atoms with Crippen LogP contribution in [0.5, 0.6) is 11.5 Å². The van der Waals surface area contributed by atoms with Gasteiger partial charge in [0.1, 0.15) is 5.75 Å². The summed E-state index contributed by atoms with van der Waals surface area (Å²) < 4.78 is 7.51. The van der Waals surface area contributed by atoms with Crippen molar-refractivity contribution in [1.29, 1.82) is 0 Å². The molecule has 0 bridgehead atoms. The highest BCUT2D eigenvalue weighted by molar-refractivity contribution is 9.10. The van der Waals surface area contributed by atoms with Gasteiger partial charge in [0.25, 0.3) is 0 Å². The first kappa shape index (κ1) is 20.1. The number of amides is 1. The number of ether oxygens (including phenoxy) is 1. The van der Waals surface area contributed by atoms with Crippen molar-refractivity contribution in [2.45, 2.75) is 31.6 Å². The molecule has 4 aromatic rings. The molecule has 1 aliphatic carbocycles. The minimum absolute atomic E-state index is 0.0838. The summed E-state index contributed by atoms with van der Waals surface area (Å²) in [5, 5.41) is 7.69. The Bertz CT molecular complexity index is 1390. The normalized spacial score (nSPS) is 18.3. The lowest BCUT2D eigenvalue weighted by Gasteiger charge is -2.30. The molecule has 1 aliphatic heterocycles. The van der Waals surface area contributed by atoms with Crippen molar-refractivity contribution in [3.05, 3.63) is 75.7 Å². The standard InChI is InChI=1S/C27H21BrClNO2/c28-20-12-13-23(17-9-4-3-8-16(17)20)32-26-19-11-5-10-18-24(15-6-1-2-7-15)27(31)30-22(25(18)19)14-21(26)29/h3-5,8-15,24H,1-2,6-7H2,(H,30,31)/t24-/m0/s1. The molecule has 1 atom stereocenters. The van der Waals surface area contributed by atoms with Gasteiger partial charge in [-0.1, -0.05) is 82.8 Å². The molecule has 0 spiro atoms. The highest BCUT2D eigenvalue weighted by Gasteiger charge is 2.37. The zero-order chi connectivity index (χ0) is 21.8. The Morgan fingerprint density at radius 3 is 2.50 bits per heavy atom. The van der Waals surface area contributed by atoms with Crippen LogP contribution in [0.2, 0.25) is 5.02 Å². The minimum Gasteiger partial charge on any atom is -0.454 e. The molecule has 1 amide bonds. The Balaban J connectivity index is 1.53. The van der Waals surface area contributed by atoms with E-state index in [2.05, 4.69) is 33.4 Å². The van der Waals surface area contributed by atoms with Crippen molar-refractivity contribution in [2.75, 3.05) is 5.32 Å². The maximum atomic E-state index is 13.1. The number of benzene rings is 4. The summed E-state index contributed by atoms with van der Waals surface area (Å²) in [6.07, 6.45) is 4.60. The maximum absolute atomic E-state index is 13.1. The summed E-state index contributed by atoms with van der Waals surface area (Å²) in [6, 6.07) is 20.1. The van der Waals surface area contributed by atoms with Gasteiger partial charge in [0, 0.05) is 20.6 Å². The van der Waals surface area contributed by atoms with Gasteiger partial charge in [-0.15, -0.1) is 0 Å². The average Bonchev–Trinajstić information content (AvgIpc) is 3.32. The fraction of sp³-hybridized carbons (Fsp3) is 0.222. The highest BCUT2D eigenvalue weighted by Crippen LogP contribution is 2.49. The summed E-state index contributed by atoms with van der Waals surface area (Å²) in [7, 11) is 0. The molecule has 0 aromatic heterocycles. The van der Waals surface area contributed by atoms with Crippen LogP contribution in [0, 0.1) is 5.92 Å². The van der Waals surface area contributed by atoms with E-state index in [1.54, 1.807) is 0 Å². The second kappa shape index (κ2) is 7.79. The van der Waals surface area contributed by atoms with Crippen molar-refractivity contribution >= 4 is 60.7 Å². The molecule has 4 aromatic carbocycles. The molecule has 160 valence electrons. The van der Waals surface area contributed by atoms with E-state index < -0.39 is 0 Å². The van der Waals surface area contributed by atoms with Crippen molar-refractivity contribution in [3.8, 4) is 11.5 Å². The number of rotatable bonds is 3. The molecule has 0 radical (unpaired) electrons. The van der Waals surface area contributed by atoms with Gasteiger partial charge in [0.15, 0.2) is 5.75 Å². The van der Waals surface area contributed by atoms with Gasteiger partial charge < -0.3 is 10.1 Å². The summed E-state index contributed by atoms with van der Waals surface area (Å²) in [5.74, 6) is 1.74. The second-order valence-corrected chi connectivity index (χ2v) is 9.97. The highest BCUT2D eigenvalue weighted by atomic mass is 79.9. The zero-order valence-electron chi connectivity index (χ0n) is 17.3. The smallest absolute Gasteiger partial charge is 0.232 e. The van der Waals surface area contributed by atoms with Crippen molar-refractivity contribution in [2.24, 2.45) is 5.92 Å². The fourth-order valence-electron chi connectivity index (χ4n) is 5.46. The van der Waals surface area contributed by atoms with Gasteiger partial charge in [-0.05, 0) is 47.9 Å². The third-order valence-corrected chi connectivity index (χ3v) is 7.86. The van der Waals surface area contributed by atoms with Gasteiger partial charge >= 0.3 is 0 Å². The van der Waals surface area contributed by atoms with Crippen LogP contribution in [0.3, 0.4) is 0 Å². The first-order valence-corrected chi connectivity index (χ1v) is 12.2. The molecule has 3 nitrogen and oxygen atoms in total. The lowest BCUT2D eigenvalue weighted by Crippen LogP contribution is -2.30. The largest absolute Gasteiger partial charge is 0.454 e. The predicted molar refractivity (Wildman–Crippen MR) is 134 cm³/mol. The summed E-state index contributed by atoms with van der Waals surface area (Å²) in [6.45, 7) is 0. The van der Waals surface area contributed by atoms with Crippen LogP contribution in [-0.4, -0.2) is 5.91 Å². The molecular formula is C27H21BrClNO2. The van der Waals surface area contributed by atoms with Gasteiger partial charge in [-0.2, -0.15) is 0 Å². The van der Waals surface area contributed by atoms with E-state index in [4.69, 9.17) is 16.3 Å². The summed E-state index contributed by atoms with van der Waals surface area (Å²) in [5.41, 5.74) is 1.86. The Morgan fingerprint density at radius 1 is 0.938 bits per heavy atom. The summed E-state index contributed by atoms with van der Waals surface area (Å²) in [4.78, 5) is 13.1. The Labute approximate surface area is 199 Å². The molecule has 1 heterocycles. The third-order valence-electron chi connectivity index (χ3n) is 6.89. The molecular weight excluding hydrogens is 486 g/mol. The number of nitrogens with one attached hydrogen (secondary N) is 1. The number of fused-ring (bicyclic) bond motifs is 1. The number of carbonyl (C=O) groups is 1. The molecule has 1 fully saturated rings. The molecule has 6 rings (SSSR count). The van der Waals surface area contributed by atoms with E-state index in [0.29, 0.717) is 16.7 Å². The SMILES string of the molecule is O=C1Nc2cc(Cl)c(Oc3ccc(Br)c4ccccc34)c3cccc(c23)[C@@H]1C1CCCC1. The number of hydrogen-bond donors (Lipinski definition) is 1. The first-order valence-electron chi connectivity index (χ1n) is 11.0. The number of halogens is 2. The Morgan fingerprint density at radius 2 is 1.69 bits per heavy atom. The molecule has 32 heavy (non-hydrogen) atoms. The quantitative estimate of drug-likeness (QED) is 0.303. The van der Waals surface area contributed by atoms with Crippen molar-refractivity contribution < 1.29 is 9.53 Å². The van der Waals surface area contributed by atoms with Crippen LogP contribution in [-0.2, 0) is 4.79 Å². The number of hydrogen-bond acceptors (Lipinski definition) is 2. The zero-order valence-corrected chi connectivity index (χ0v) is 19.7. The van der Waals surface area contributed by atoms with Gasteiger partial charge in [-0.3, -0.25) is 4.79 Å². The minimum atomic E-state index is -0.115. The van der Waals surface area contributed by atoms with E-state index in [1.165, 1.54) is 12.8 Å². The average molecular weight is 507 g/mol. The number of carbonyl (C=O) groups excluding carboxylic acids is 1. The van der Waals surface area contributed by atoms with Crippen LogP contribution in [0.15, 0.2) is 65.1 Å². The molecule has 0 saturated heterocycles. The fourth-order valence-corrected chi connectivity index (χ4v) is 6.19. The first-order chi connectivity index (χ1) is 15.6. The van der Waals surface area contributed by atoms with Crippen LogP contribution in [0.1, 0.15) is 37.2 Å². The van der Waals surface area contributed by atoms with Crippen molar-refractivity contribution in [1.82, 2.24) is 0 Å². The van der Waals surface area contributed by atoms with E-state index in [-0.39, 0.29) is 11.8 Å². The van der Waals surface area contributed by atoms with Gasteiger partial charge in [0.05, 0.1) is 16.6 Å². The topological polar surface area (TPSA) is 38.3 Å². The Kier molecular flexibility index (Phi) is 4.89. The van der Waals surface area contributed by atoms with E-state index >= 15 is 0 Å². The lowest BCUT2D eigenvalue weighted by atomic mass is 9.79. The Hall–Kier alpha value is -2.56. The molecule has 0 unspecified atom stereocenters. The predicted octanol–water partition coefficient (Wildman–Crippen LogP) is 8.43. The van der Waals surface area contributed by atoms with E-state index in [9.17, 15) is 4.79 Å². The molecule has 1 N–H and O–H groups in total. The molecule has 1 saturated carbocycles.